The van der Waals surface area contributed by atoms with Crippen molar-refractivity contribution >= 4 is 0 Å². The van der Waals surface area contributed by atoms with Crippen molar-refractivity contribution < 1.29 is 4.52 Å². The molecule has 0 spiro atoms. The van der Waals surface area contributed by atoms with Gasteiger partial charge in [0.25, 0.3) is 0 Å². The summed E-state index contributed by atoms with van der Waals surface area (Å²) in [5, 5.41) is 18.0. The number of aryl methyl sites for hydroxylation is 1. The Kier molecular flexibility index (Phi) is 4.15. The molecule has 0 radical (unpaired) electrons. The number of benzene rings is 2. The summed E-state index contributed by atoms with van der Waals surface area (Å²) < 4.78 is 7.98. The number of hydrogen-bond donors (Lipinski definition) is 0. The Hall–Kier alpha value is -3.92. The van der Waals surface area contributed by atoms with Gasteiger partial charge in [0.1, 0.15) is 6.07 Å². The first-order valence-electron chi connectivity index (χ1n) is 8.35. The predicted molar refractivity (Wildman–Crippen MR) is 98.3 cm³/mol. The zero-order chi connectivity index (χ0) is 18.8. The molecule has 0 aliphatic rings. The fraction of sp³-hybridized carbons (Fsp3) is 0.100. The van der Waals surface area contributed by atoms with E-state index in [1.807, 2.05) is 60.7 Å². The first kappa shape index (κ1) is 16.5. The van der Waals surface area contributed by atoms with Gasteiger partial charge in [-0.1, -0.05) is 53.7 Å². The van der Waals surface area contributed by atoms with E-state index in [0.29, 0.717) is 22.8 Å². The minimum absolute atomic E-state index is 0.116. The Morgan fingerprint density at radius 1 is 1.07 bits per heavy atom. The first-order valence-corrected chi connectivity index (χ1v) is 8.35. The van der Waals surface area contributed by atoms with Crippen LogP contribution >= 0.6 is 0 Å². The summed E-state index contributed by atoms with van der Waals surface area (Å²) in [6.45, 7) is 1.89. The van der Waals surface area contributed by atoms with E-state index in [1.54, 1.807) is 11.6 Å². The molecule has 2 aromatic heterocycles. The van der Waals surface area contributed by atoms with E-state index in [1.165, 1.54) is 4.57 Å². The largest absolute Gasteiger partial charge is 0.442 e. The van der Waals surface area contributed by atoms with Crippen LogP contribution in [0.1, 0.15) is 17.0 Å². The number of para-hydroxylation sites is 1. The van der Waals surface area contributed by atoms with E-state index in [0.717, 1.165) is 11.3 Å². The van der Waals surface area contributed by atoms with Crippen LogP contribution in [0, 0.1) is 18.3 Å². The summed E-state index contributed by atoms with van der Waals surface area (Å²) in [6.07, 6.45) is 0. The molecule has 0 amide bonds. The zero-order valence-electron chi connectivity index (χ0n) is 14.5. The van der Waals surface area contributed by atoms with Crippen molar-refractivity contribution in [2.24, 2.45) is 0 Å². The van der Waals surface area contributed by atoms with Crippen molar-refractivity contribution in [3.8, 4) is 23.1 Å². The van der Waals surface area contributed by atoms with Crippen LogP contribution in [0.5, 0.6) is 0 Å². The summed E-state index contributed by atoms with van der Waals surface area (Å²) in [4.78, 5) is 12.3. The van der Waals surface area contributed by atoms with E-state index in [4.69, 9.17) is 4.52 Å². The third-order valence-corrected chi connectivity index (χ3v) is 4.29. The van der Waals surface area contributed by atoms with E-state index in [2.05, 4.69) is 16.3 Å². The highest BCUT2D eigenvalue weighted by Gasteiger charge is 2.21. The van der Waals surface area contributed by atoms with E-state index < -0.39 is 5.76 Å². The SMILES string of the molecule is Cc1nn(-c2ccccc2)c(Cn2c(-c3ccccc3)noc2=O)c1C#N. The average molecular weight is 357 g/mol. The van der Waals surface area contributed by atoms with Gasteiger partial charge in [0.15, 0.2) is 5.82 Å². The predicted octanol–water partition coefficient (Wildman–Crippen LogP) is 2.92. The van der Waals surface area contributed by atoms with Crippen molar-refractivity contribution in [3.63, 3.8) is 0 Å². The second-order valence-electron chi connectivity index (χ2n) is 5.99. The Bertz CT molecular complexity index is 1180. The molecule has 0 saturated heterocycles. The normalized spacial score (nSPS) is 10.7. The van der Waals surface area contributed by atoms with Crippen LogP contribution in [-0.2, 0) is 6.54 Å². The van der Waals surface area contributed by atoms with Gasteiger partial charge in [0.2, 0.25) is 0 Å². The van der Waals surface area contributed by atoms with Gasteiger partial charge in [-0.15, -0.1) is 0 Å². The molecular formula is C20H15N5O2. The fourth-order valence-corrected chi connectivity index (χ4v) is 3.00. The zero-order valence-corrected chi connectivity index (χ0v) is 14.5. The molecule has 0 unspecified atom stereocenters. The third kappa shape index (κ3) is 2.93. The van der Waals surface area contributed by atoms with Gasteiger partial charge >= 0.3 is 5.76 Å². The van der Waals surface area contributed by atoms with Gasteiger partial charge in [0.05, 0.1) is 29.2 Å². The molecule has 7 nitrogen and oxygen atoms in total. The second kappa shape index (κ2) is 6.77. The number of aromatic nitrogens is 4. The van der Waals surface area contributed by atoms with Gasteiger partial charge in [-0.25, -0.2) is 9.48 Å². The van der Waals surface area contributed by atoms with Crippen LogP contribution in [0.4, 0.5) is 0 Å². The Morgan fingerprint density at radius 3 is 2.41 bits per heavy atom. The highest BCUT2D eigenvalue weighted by atomic mass is 16.5. The molecule has 4 aromatic rings. The van der Waals surface area contributed by atoms with Crippen LogP contribution in [0.25, 0.3) is 17.1 Å². The van der Waals surface area contributed by atoms with Crippen molar-refractivity contribution in [2.45, 2.75) is 13.5 Å². The molecule has 0 bridgehead atoms. The van der Waals surface area contributed by atoms with E-state index >= 15 is 0 Å². The van der Waals surface area contributed by atoms with Crippen molar-refractivity contribution in [1.29, 1.82) is 5.26 Å². The first-order chi connectivity index (χ1) is 13.2. The molecular weight excluding hydrogens is 342 g/mol. The third-order valence-electron chi connectivity index (χ3n) is 4.29. The number of nitriles is 1. The maximum absolute atomic E-state index is 12.3. The van der Waals surface area contributed by atoms with Gasteiger partial charge in [-0.2, -0.15) is 10.4 Å². The molecule has 0 aliphatic heterocycles. The summed E-state index contributed by atoms with van der Waals surface area (Å²) in [7, 11) is 0. The molecule has 7 heteroatoms. The lowest BCUT2D eigenvalue weighted by Gasteiger charge is -2.09. The quantitative estimate of drug-likeness (QED) is 0.560. The minimum Gasteiger partial charge on any atom is -0.295 e. The molecule has 4 rings (SSSR count). The van der Waals surface area contributed by atoms with Crippen LogP contribution < -0.4 is 5.76 Å². The highest BCUT2D eigenvalue weighted by Crippen LogP contribution is 2.21. The standard InChI is InChI=1S/C20H15N5O2/c1-14-17(12-21)18(25(22-14)16-10-6-3-7-11-16)13-24-19(23-27-20(24)26)15-8-4-2-5-9-15/h2-11H,13H2,1H3. The van der Waals surface area contributed by atoms with Crippen LogP contribution in [0.15, 0.2) is 70.0 Å². The molecule has 2 heterocycles. The van der Waals surface area contributed by atoms with Crippen LogP contribution in [0.3, 0.4) is 0 Å². The molecule has 27 heavy (non-hydrogen) atoms. The molecule has 0 fully saturated rings. The number of nitrogens with zero attached hydrogens (tertiary/aromatic N) is 5. The lowest BCUT2D eigenvalue weighted by Crippen LogP contribution is -2.19. The topological polar surface area (TPSA) is 89.6 Å². The van der Waals surface area contributed by atoms with Crippen molar-refractivity contribution in [2.75, 3.05) is 0 Å². The van der Waals surface area contributed by atoms with Gasteiger partial charge in [-0.3, -0.25) is 9.09 Å². The van der Waals surface area contributed by atoms with Gasteiger partial charge < -0.3 is 0 Å². The average Bonchev–Trinajstić information content (AvgIpc) is 3.23. The number of rotatable bonds is 4. The molecule has 2 aromatic carbocycles. The summed E-state index contributed by atoms with van der Waals surface area (Å²) in [5.74, 6) is -0.181. The lowest BCUT2D eigenvalue weighted by molar-refractivity contribution is 0.377. The molecule has 0 atom stereocenters. The fourth-order valence-electron chi connectivity index (χ4n) is 3.00. The Morgan fingerprint density at radius 2 is 1.74 bits per heavy atom. The Balaban J connectivity index is 1.87. The number of hydrogen-bond acceptors (Lipinski definition) is 5. The van der Waals surface area contributed by atoms with Crippen molar-refractivity contribution in [1.82, 2.24) is 19.5 Å². The molecule has 0 N–H and O–H groups in total. The monoisotopic (exact) mass is 357 g/mol. The Labute approximate surface area is 154 Å². The van der Waals surface area contributed by atoms with E-state index in [9.17, 15) is 10.1 Å². The van der Waals surface area contributed by atoms with Gasteiger partial charge in [0, 0.05) is 5.56 Å². The van der Waals surface area contributed by atoms with E-state index in [-0.39, 0.29) is 6.54 Å². The second-order valence-corrected chi connectivity index (χ2v) is 5.99. The smallest absolute Gasteiger partial charge is 0.295 e. The maximum atomic E-state index is 12.3. The highest BCUT2D eigenvalue weighted by molar-refractivity contribution is 5.54. The van der Waals surface area contributed by atoms with Crippen LogP contribution in [0.2, 0.25) is 0 Å². The van der Waals surface area contributed by atoms with Crippen molar-refractivity contribution in [3.05, 3.63) is 88.2 Å². The summed E-state index contributed by atoms with van der Waals surface area (Å²) in [5.41, 5.74) is 3.20. The molecule has 0 saturated carbocycles. The van der Waals surface area contributed by atoms with Crippen LogP contribution in [-0.4, -0.2) is 19.5 Å². The lowest BCUT2D eigenvalue weighted by atomic mass is 10.2. The van der Waals surface area contributed by atoms with Gasteiger partial charge in [-0.05, 0) is 19.1 Å². The summed E-state index contributed by atoms with van der Waals surface area (Å²) in [6, 6.07) is 21.0. The molecule has 132 valence electrons. The minimum atomic E-state index is -0.587. The molecule has 0 aliphatic carbocycles. The summed E-state index contributed by atoms with van der Waals surface area (Å²) >= 11 is 0. The maximum Gasteiger partial charge on any atom is 0.442 e.